The molecule has 6 heteroatoms. The number of halogens is 5. The molecule has 2 aromatic carbocycles. The molecule has 1 nitrogen and oxygen atoms in total. The number of para-hydroxylation sites is 1. The second-order valence-electron chi connectivity index (χ2n) is 4.58. The van der Waals surface area contributed by atoms with E-state index in [2.05, 4.69) is 4.98 Å². The fourth-order valence-electron chi connectivity index (χ4n) is 2.20. The number of aromatic nitrogens is 1. The zero-order valence-corrected chi connectivity index (χ0v) is 11.9. The van der Waals surface area contributed by atoms with E-state index in [9.17, 15) is 13.2 Å². The molecule has 0 fully saturated rings. The molecular weight excluding hydrogens is 322 g/mol. The Hall–Kier alpha value is -1.65. The Morgan fingerprint density at radius 2 is 1.52 bits per heavy atom. The van der Waals surface area contributed by atoms with Crippen molar-refractivity contribution in [3.63, 3.8) is 0 Å². The van der Waals surface area contributed by atoms with Crippen molar-refractivity contribution in [1.29, 1.82) is 0 Å². The van der Waals surface area contributed by atoms with Gasteiger partial charge in [0.05, 0.1) is 15.6 Å². The summed E-state index contributed by atoms with van der Waals surface area (Å²) in [6.07, 6.45) is -4.48. The predicted octanol–water partition coefficient (Wildman–Crippen LogP) is 6.16. The SMILES string of the molecule is FC(F)(F)c1cc(Cl)c(-c2cc3ccccc3[nH]2)c(Cl)c1. The van der Waals surface area contributed by atoms with Crippen LogP contribution < -0.4 is 0 Å². The fourth-order valence-corrected chi connectivity index (χ4v) is 2.89. The van der Waals surface area contributed by atoms with Crippen molar-refractivity contribution in [1.82, 2.24) is 4.98 Å². The van der Waals surface area contributed by atoms with Crippen molar-refractivity contribution < 1.29 is 13.2 Å². The lowest BCUT2D eigenvalue weighted by Gasteiger charge is -2.11. The average Bonchev–Trinajstić information content (AvgIpc) is 2.79. The summed E-state index contributed by atoms with van der Waals surface area (Å²) in [5.74, 6) is 0. The van der Waals surface area contributed by atoms with Crippen LogP contribution in [0.2, 0.25) is 10.0 Å². The van der Waals surface area contributed by atoms with Gasteiger partial charge in [-0.2, -0.15) is 13.2 Å². The standard InChI is InChI=1S/C15H8Cl2F3N/c16-10-6-9(15(18,19)20)7-11(17)14(10)13-5-8-3-1-2-4-12(8)21-13/h1-7,21H. The van der Waals surface area contributed by atoms with Crippen LogP contribution in [0.1, 0.15) is 5.56 Å². The number of aromatic amines is 1. The molecule has 0 unspecified atom stereocenters. The van der Waals surface area contributed by atoms with Gasteiger partial charge in [-0.3, -0.25) is 0 Å². The topological polar surface area (TPSA) is 15.8 Å². The van der Waals surface area contributed by atoms with E-state index in [1.807, 2.05) is 24.3 Å². The second-order valence-corrected chi connectivity index (χ2v) is 5.40. The van der Waals surface area contributed by atoms with Gasteiger partial charge in [-0.1, -0.05) is 41.4 Å². The summed E-state index contributed by atoms with van der Waals surface area (Å²) in [7, 11) is 0. The minimum atomic E-state index is -4.48. The lowest BCUT2D eigenvalue weighted by atomic mass is 10.1. The maximum atomic E-state index is 12.7. The molecule has 0 aliphatic rings. The molecule has 0 saturated heterocycles. The number of hydrogen-bond acceptors (Lipinski definition) is 0. The molecule has 0 radical (unpaired) electrons. The predicted molar refractivity (Wildman–Crippen MR) is 78.8 cm³/mol. The van der Waals surface area contributed by atoms with E-state index in [0.717, 1.165) is 23.0 Å². The Bertz CT molecular complexity index is 765. The summed E-state index contributed by atoms with van der Waals surface area (Å²) in [4.78, 5) is 3.10. The first-order valence-corrected chi connectivity index (χ1v) is 6.76. The smallest absolute Gasteiger partial charge is 0.354 e. The van der Waals surface area contributed by atoms with Crippen LogP contribution in [0.5, 0.6) is 0 Å². The lowest BCUT2D eigenvalue weighted by molar-refractivity contribution is -0.137. The van der Waals surface area contributed by atoms with Gasteiger partial charge in [-0.15, -0.1) is 0 Å². The Morgan fingerprint density at radius 3 is 2.10 bits per heavy atom. The molecule has 0 saturated carbocycles. The second kappa shape index (κ2) is 4.97. The number of rotatable bonds is 1. The van der Waals surface area contributed by atoms with Crippen LogP contribution in [0.15, 0.2) is 42.5 Å². The highest BCUT2D eigenvalue weighted by molar-refractivity contribution is 6.39. The van der Waals surface area contributed by atoms with Gasteiger partial charge in [-0.05, 0) is 24.3 Å². The zero-order valence-electron chi connectivity index (χ0n) is 10.4. The number of H-pyrrole nitrogens is 1. The third kappa shape index (κ3) is 2.61. The van der Waals surface area contributed by atoms with Crippen LogP contribution in [0, 0.1) is 0 Å². The van der Waals surface area contributed by atoms with Gasteiger partial charge >= 0.3 is 6.18 Å². The molecule has 0 bridgehead atoms. The van der Waals surface area contributed by atoms with E-state index in [1.165, 1.54) is 0 Å². The number of fused-ring (bicyclic) bond motifs is 1. The quantitative estimate of drug-likeness (QED) is 0.550. The molecule has 3 aromatic rings. The van der Waals surface area contributed by atoms with Crippen LogP contribution in [0.4, 0.5) is 13.2 Å². The van der Waals surface area contributed by atoms with Gasteiger partial charge in [-0.25, -0.2) is 0 Å². The number of hydrogen-bond donors (Lipinski definition) is 1. The zero-order chi connectivity index (χ0) is 15.2. The molecule has 1 aromatic heterocycles. The molecule has 0 aliphatic heterocycles. The summed E-state index contributed by atoms with van der Waals surface area (Å²) < 4.78 is 38.2. The summed E-state index contributed by atoms with van der Waals surface area (Å²) in [6.45, 7) is 0. The molecule has 108 valence electrons. The Morgan fingerprint density at radius 1 is 0.905 bits per heavy atom. The Labute approximate surface area is 128 Å². The molecule has 0 aliphatic carbocycles. The normalized spacial score (nSPS) is 12.0. The molecule has 0 atom stereocenters. The van der Waals surface area contributed by atoms with Crippen molar-refractivity contribution in [2.75, 3.05) is 0 Å². The number of alkyl halides is 3. The van der Waals surface area contributed by atoms with Gasteiger partial charge in [0.2, 0.25) is 0 Å². The van der Waals surface area contributed by atoms with E-state index < -0.39 is 11.7 Å². The minimum Gasteiger partial charge on any atom is -0.354 e. The van der Waals surface area contributed by atoms with Crippen molar-refractivity contribution in [3.05, 3.63) is 58.1 Å². The first kappa shape index (κ1) is 14.3. The van der Waals surface area contributed by atoms with Crippen molar-refractivity contribution in [2.45, 2.75) is 6.18 Å². The number of nitrogens with one attached hydrogen (secondary N) is 1. The molecule has 1 N–H and O–H groups in total. The fraction of sp³-hybridized carbons (Fsp3) is 0.0667. The number of benzene rings is 2. The molecule has 3 rings (SSSR count). The third-order valence-electron chi connectivity index (χ3n) is 3.17. The molecule has 0 spiro atoms. The largest absolute Gasteiger partial charge is 0.416 e. The third-order valence-corrected chi connectivity index (χ3v) is 3.76. The van der Waals surface area contributed by atoms with Gasteiger partial charge in [0.25, 0.3) is 0 Å². The lowest BCUT2D eigenvalue weighted by Crippen LogP contribution is -2.05. The van der Waals surface area contributed by atoms with E-state index in [1.54, 1.807) is 6.07 Å². The highest BCUT2D eigenvalue weighted by atomic mass is 35.5. The van der Waals surface area contributed by atoms with Crippen molar-refractivity contribution in [2.24, 2.45) is 0 Å². The Balaban J connectivity index is 2.18. The van der Waals surface area contributed by atoms with Crippen LogP contribution in [-0.2, 0) is 6.18 Å². The van der Waals surface area contributed by atoms with Crippen molar-refractivity contribution >= 4 is 34.1 Å². The van der Waals surface area contributed by atoms with Crippen LogP contribution in [0.25, 0.3) is 22.2 Å². The summed E-state index contributed by atoms with van der Waals surface area (Å²) in [6, 6.07) is 11.1. The molecular formula is C15H8Cl2F3N. The van der Waals surface area contributed by atoms with E-state index in [4.69, 9.17) is 23.2 Å². The van der Waals surface area contributed by atoms with Gasteiger partial charge in [0.15, 0.2) is 0 Å². The maximum absolute atomic E-state index is 12.7. The van der Waals surface area contributed by atoms with Gasteiger partial charge in [0.1, 0.15) is 0 Å². The van der Waals surface area contributed by atoms with E-state index >= 15 is 0 Å². The van der Waals surface area contributed by atoms with Crippen LogP contribution in [-0.4, -0.2) is 4.98 Å². The van der Waals surface area contributed by atoms with Gasteiger partial charge in [0, 0.05) is 22.2 Å². The van der Waals surface area contributed by atoms with E-state index in [-0.39, 0.29) is 10.0 Å². The van der Waals surface area contributed by atoms with Crippen molar-refractivity contribution in [3.8, 4) is 11.3 Å². The first-order valence-electron chi connectivity index (χ1n) is 6.00. The summed E-state index contributed by atoms with van der Waals surface area (Å²) >= 11 is 12.0. The van der Waals surface area contributed by atoms with Gasteiger partial charge < -0.3 is 4.98 Å². The average molecular weight is 330 g/mol. The maximum Gasteiger partial charge on any atom is 0.416 e. The Kier molecular flexibility index (Phi) is 3.38. The van der Waals surface area contributed by atoms with E-state index in [0.29, 0.717) is 11.3 Å². The molecule has 1 heterocycles. The highest BCUT2D eigenvalue weighted by Crippen LogP contribution is 2.40. The summed E-state index contributed by atoms with van der Waals surface area (Å²) in [5.41, 5.74) is 0.944. The summed E-state index contributed by atoms with van der Waals surface area (Å²) in [5, 5.41) is 0.849. The van der Waals surface area contributed by atoms with Crippen LogP contribution in [0.3, 0.4) is 0 Å². The van der Waals surface area contributed by atoms with Crippen LogP contribution >= 0.6 is 23.2 Å². The highest BCUT2D eigenvalue weighted by Gasteiger charge is 2.32. The first-order chi connectivity index (χ1) is 9.86. The minimum absolute atomic E-state index is 0.0404. The monoisotopic (exact) mass is 329 g/mol. The molecule has 21 heavy (non-hydrogen) atoms. The molecule has 0 amide bonds.